The Balaban J connectivity index is 2.58. The van der Waals surface area contributed by atoms with Gasteiger partial charge in [0.15, 0.2) is 0 Å². The number of rotatable bonds is 4. The molecule has 0 aliphatic rings. The predicted octanol–water partition coefficient (Wildman–Crippen LogP) is 1.92. The van der Waals surface area contributed by atoms with Gasteiger partial charge in [0, 0.05) is 13.0 Å². The van der Waals surface area contributed by atoms with Gasteiger partial charge < -0.3 is 15.7 Å². The molecule has 18 heavy (non-hydrogen) atoms. The molecule has 1 aromatic carbocycles. The monoisotopic (exact) mass is 246 g/mol. The Morgan fingerprint density at radius 3 is 2.72 bits per heavy atom. The molecule has 0 spiro atoms. The standard InChI is InChI=1S/C13H14N2O3/c1-2-3-6-9-14-13(18)15-11-8-5-4-7-10(11)12(16)17/h4-5,7-8H,6,9H2,1H3,(H,16,17)(H2,14,15,18). The molecule has 3 N–H and O–H groups in total. The molecule has 0 radical (unpaired) electrons. The van der Waals surface area contributed by atoms with E-state index in [-0.39, 0.29) is 11.3 Å². The zero-order chi connectivity index (χ0) is 13.4. The Morgan fingerprint density at radius 1 is 1.33 bits per heavy atom. The van der Waals surface area contributed by atoms with Crippen LogP contribution in [0.3, 0.4) is 0 Å². The van der Waals surface area contributed by atoms with Crippen LogP contribution in [-0.2, 0) is 0 Å². The molecule has 0 unspecified atom stereocenters. The number of benzene rings is 1. The van der Waals surface area contributed by atoms with Crippen molar-refractivity contribution in [3.8, 4) is 11.8 Å². The van der Waals surface area contributed by atoms with Crippen LogP contribution in [0.5, 0.6) is 0 Å². The van der Waals surface area contributed by atoms with Gasteiger partial charge in [-0.2, -0.15) is 0 Å². The van der Waals surface area contributed by atoms with Crippen molar-refractivity contribution >= 4 is 17.7 Å². The van der Waals surface area contributed by atoms with Crippen LogP contribution in [0.4, 0.5) is 10.5 Å². The van der Waals surface area contributed by atoms with Crippen molar-refractivity contribution in [3.05, 3.63) is 29.8 Å². The van der Waals surface area contributed by atoms with Crippen molar-refractivity contribution in [2.45, 2.75) is 13.3 Å². The largest absolute Gasteiger partial charge is 0.478 e. The third kappa shape index (κ3) is 4.18. The first-order valence-electron chi connectivity index (χ1n) is 5.42. The highest BCUT2D eigenvalue weighted by Crippen LogP contribution is 2.14. The zero-order valence-corrected chi connectivity index (χ0v) is 9.99. The second-order valence-corrected chi connectivity index (χ2v) is 3.41. The second-order valence-electron chi connectivity index (χ2n) is 3.41. The van der Waals surface area contributed by atoms with Gasteiger partial charge in [0.2, 0.25) is 0 Å². The van der Waals surface area contributed by atoms with Gasteiger partial charge in [-0.25, -0.2) is 9.59 Å². The maximum absolute atomic E-state index is 11.5. The molecule has 0 aliphatic carbocycles. The Kier molecular flexibility index (Phi) is 5.26. The second kappa shape index (κ2) is 6.97. The lowest BCUT2D eigenvalue weighted by Crippen LogP contribution is -2.30. The summed E-state index contributed by atoms with van der Waals surface area (Å²) in [5.74, 6) is 4.45. The van der Waals surface area contributed by atoms with Crippen molar-refractivity contribution in [1.82, 2.24) is 5.32 Å². The number of nitrogens with one attached hydrogen (secondary N) is 2. The minimum atomic E-state index is -1.08. The van der Waals surface area contributed by atoms with Gasteiger partial charge in [-0.1, -0.05) is 12.1 Å². The topological polar surface area (TPSA) is 78.4 Å². The molecule has 0 fully saturated rings. The van der Waals surface area contributed by atoms with Crippen molar-refractivity contribution in [2.75, 3.05) is 11.9 Å². The van der Waals surface area contributed by atoms with Gasteiger partial charge in [-0.3, -0.25) is 0 Å². The summed E-state index contributed by atoms with van der Waals surface area (Å²) in [4.78, 5) is 22.4. The summed E-state index contributed by atoms with van der Waals surface area (Å²) in [6.45, 7) is 2.14. The van der Waals surface area contributed by atoms with Gasteiger partial charge in [0.25, 0.3) is 0 Å². The minimum Gasteiger partial charge on any atom is -0.478 e. The fourth-order valence-electron chi connectivity index (χ4n) is 1.31. The number of anilines is 1. The first kappa shape index (κ1) is 13.6. The summed E-state index contributed by atoms with van der Waals surface area (Å²) in [6.07, 6.45) is 0.560. The number of amides is 2. The first-order chi connectivity index (χ1) is 8.65. The van der Waals surface area contributed by atoms with E-state index in [4.69, 9.17) is 5.11 Å². The maximum atomic E-state index is 11.5. The van der Waals surface area contributed by atoms with E-state index in [1.165, 1.54) is 12.1 Å². The number of aromatic carboxylic acids is 1. The van der Waals surface area contributed by atoms with E-state index in [1.807, 2.05) is 0 Å². The number of carboxylic acids is 1. The van der Waals surface area contributed by atoms with Gasteiger partial charge in [0.05, 0.1) is 11.3 Å². The van der Waals surface area contributed by atoms with Crippen LogP contribution < -0.4 is 10.6 Å². The number of carbonyl (C=O) groups is 2. The number of hydrogen-bond donors (Lipinski definition) is 3. The van der Waals surface area contributed by atoms with Crippen molar-refractivity contribution in [2.24, 2.45) is 0 Å². The Hall–Kier alpha value is -2.48. The Labute approximate surface area is 105 Å². The molecular weight excluding hydrogens is 232 g/mol. The van der Waals surface area contributed by atoms with Crippen LogP contribution in [0.1, 0.15) is 23.7 Å². The number of carboxylic acid groups (broad SMARTS) is 1. The number of hydrogen-bond acceptors (Lipinski definition) is 2. The third-order valence-electron chi connectivity index (χ3n) is 2.12. The van der Waals surface area contributed by atoms with E-state index in [1.54, 1.807) is 19.1 Å². The smallest absolute Gasteiger partial charge is 0.337 e. The maximum Gasteiger partial charge on any atom is 0.337 e. The molecule has 0 aromatic heterocycles. The minimum absolute atomic E-state index is 0.0565. The third-order valence-corrected chi connectivity index (χ3v) is 2.12. The average molecular weight is 246 g/mol. The number of para-hydroxylation sites is 1. The van der Waals surface area contributed by atoms with Crippen LogP contribution in [-0.4, -0.2) is 23.7 Å². The average Bonchev–Trinajstić information content (AvgIpc) is 2.35. The van der Waals surface area contributed by atoms with Crippen LogP contribution in [0.2, 0.25) is 0 Å². The van der Waals surface area contributed by atoms with Crippen molar-refractivity contribution in [3.63, 3.8) is 0 Å². The molecule has 2 amide bonds. The highest BCUT2D eigenvalue weighted by atomic mass is 16.4. The Morgan fingerprint density at radius 2 is 2.06 bits per heavy atom. The van der Waals surface area contributed by atoms with Gasteiger partial charge in [-0.15, -0.1) is 11.8 Å². The molecule has 94 valence electrons. The van der Waals surface area contributed by atoms with E-state index in [0.29, 0.717) is 13.0 Å². The lowest BCUT2D eigenvalue weighted by Gasteiger charge is -2.08. The molecule has 0 bridgehead atoms. The molecule has 0 heterocycles. The van der Waals surface area contributed by atoms with E-state index >= 15 is 0 Å². The molecule has 1 aromatic rings. The normalized spacial score (nSPS) is 8.94. The van der Waals surface area contributed by atoms with Gasteiger partial charge in [-0.05, 0) is 19.1 Å². The zero-order valence-electron chi connectivity index (χ0n) is 9.99. The summed E-state index contributed by atoms with van der Waals surface area (Å²) in [5, 5.41) is 14.0. The quantitative estimate of drug-likeness (QED) is 0.561. The van der Waals surface area contributed by atoms with Crippen LogP contribution in [0.15, 0.2) is 24.3 Å². The van der Waals surface area contributed by atoms with E-state index < -0.39 is 12.0 Å². The molecule has 5 nitrogen and oxygen atoms in total. The fraction of sp³-hybridized carbons (Fsp3) is 0.231. The fourth-order valence-corrected chi connectivity index (χ4v) is 1.31. The molecule has 5 heteroatoms. The van der Waals surface area contributed by atoms with Crippen LogP contribution in [0, 0.1) is 11.8 Å². The highest BCUT2D eigenvalue weighted by Gasteiger charge is 2.10. The molecule has 0 saturated heterocycles. The summed E-state index contributed by atoms with van der Waals surface area (Å²) in [7, 11) is 0. The Bertz CT molecular complexity index is 500. The highest BCUT2D eigenvalue weighted by molar-refractivity contribution is 5.99. The summed E-state index contributed by atoms with van der Waals surface area (Å²) in [5.41, 5.74) is 0.324. The lowest BCUT2D eigenvalue weighted by molar-refractivity contribution is 0.0698. The molecule has 0 aliphatic heterocycles. The predicted molar refractivity (Wildman–Crippen MR) is 68.5 cm³/mol. The van der Waals surface area contributed by atoms with Crippen LogP contribution in [0.25, 0.3) is 0 Å². The number of urea groups is 1. The van der Waals surface area contributed by atoms with E-state index in [2.05, 4.69) is 22.5 Å². The SMILES string of the molecule is CC#CCCNC(=O)Nc1ccccc1C(=O)O. The van der Waals surface area contributed by atoms with E-state index in [0.717, 1.165) is 0 Å². The summed E-state index contributed by atoms with van der Waals surface area (Å²) in [6, 6.07) is 5.78. The number of carbonyl (C=O) groups excluding carboxylic acids is 1. The molecule has 0 atom stereocenters. The van der Waals surface area contributed by atoms with Crippen LogP contribution >= 0.6 is 0 Å². The van der Waals surface area contributed by atoms with Gasteiger partial charge >= 0.3 is 12.0 Å². The molecule has 0 saturated carbocycles. The molecular formula is C13H14N2O3. The summed E-state index contributed by atoms with van der Waals surface area (Å²) < 4.78 is 0. The molecule has 1 rings (SSSR count). The first-order valence-corrected chi connectivity index (χ1v) is 5.42. The summed E-state index contributed by atoms with van der Waals surface area (Å²) >= 11 is 0. The van der Waals surface area contributed by atoms with E-state index in [9.17, 15) is 9.59 Å². The van der Waals surface area contributed by atoms with Gasteiger partial charge in [0.1, 0.15) is 0 Å². The van der Waals surface area contributed by atoms with Crippen molar-refractivity contribution < 1.29 is 14.7 Å². The van der Waals surface area contributed by atoms with Crippen molar-refractivity contribution in [1.29, 1.82) is 0 Å². The lowest BCUT2D eigenvalue weighted by atomic mass is 10.2.